The highest BCUT2D eigenvalue weighted by molar-refractivity contribution is 5.98. The van der Waals surface area contributed by atoms with Crippen LogP contribution >= 0.6 is 0 Å². The monoisotopic (exact) mass is 441 g/mol. The second-order valence-electron chi connectivity index (χ2n) is 8.21. The van der Waals surface area contributed by atoms with Gasteiger partial charge in [0.15, 0.2) is 0 Å². The number of ether oxygens (including phenoxy) is 1. The number of aromatic amines is 1. The summed E-state index contributed by atoms with van der Waals surface area (Å²) in [5.74, 6) is 0.748. The molecule has 3 aromatic carbocycles. The van der Waals surface area contributed by atoms with E-state index in [2.05, 4.69) is 15.6 Å². The molecule has 33 heavy (non-hydrogen) atoms. The summed E-state index contributed by atoms with van der Waals surface area (Å²) in [5, 5.41) is 6.85. The zero-order valence-electron chi connectivity index (χ0n) is 18.7. The number of nitrogens with one attached hydrogen (secondary N) is 3. The van der Waals surface area contributed by atoms with Gasteiger partial charge in [-0.1, -0.05) is 50.2 Å². The van der Waals surface area contributed by atoms with Crippen molar-refractivity contribution in [3.8, 4) is 11.5 Å². The number of fused-ring (bicyclic) bond motifs is 1. The van der Waals surface area contributed by atoms with Crippen molar-refractivity contribution < 1.29 is 14.3 Å². The Morgan fingerprint density at radius 1 is 0.848 bits per heavy atom. The summed E-state index contributed by atoms with van der Waals surface area (Å²) < 4.78 is 5.80. The Hall–Kier alpha value is -4.06. The van der Waals surface area contributed by atoms with Gasteiger partial charge < -0.3 is 20.4 Å². The number of hydrogen-bond donors (Lipinski definition) is 3. The van der Waals surface area contributed by atoms with Gasteiger partial charge in [0.05, 0.1) is 0 Å². The van der Waals surface area contributed by atoms with Crippen molar-refractivity contribution in [3.05, 3.63) is 90.6 Å². The summed E-state index contributed by atoms with van der Waals surface area (Å²) in [6, 6.07) is 23.8. The van der Waals surface area contributed by atoms with Gasteiger partial charge in [0.25, 0.3) is 0 Å². The van der Waals surface area contributed by atoms with Crippen LogP contribution in [0, 0.1) is 5.92 Å². The van der Waals surface area contributed by atoms with Crippen molar-refractivity contribution in [1.29, 1.82) is 0 Å². The van der Waals surface area contributed by atoms with Crippen LogP contribution in [0.5, 0.6) is 11.5 Å². The molecule has 0 fully saturated rings. The number of anilines is 1. The lowest BCUT2D eigenvalue weighted by Gasteiger charge is -2.20. The molecule has 0 aliphatic carbocycles. The highest BCUT2D eigenvalue weighted by atomic mass is 16.5. The largest absolute Gasteiger partial charge is 0.457 e. The molecule has 0 spiro atoms. The van der Waals surface area contributed by atoms with E-state index in [1.165, 1.54) is 0 Å². The van der Waals surface area contributed by atoms with Gasteiger partial charge in [0.1, 0.15) is 17.5 Å². The van der Waals surface area contributed by atoms with Crippen LogP contribution < -0.4 is 15.4 Å². The Morgan fingerprint density at radius 3 is 2.24 bits per heavy atom. The fourth-order valence-corrected chi connectivity index (χ4v) is 3.53. The summed E-state index contributed by atoms with van der Waals surface area (Å²) in [5.41, 5.74) is 2.60. The minimum absolute atomic E-state index is 0.165. The minimum atomic E-state index is -0.709. The molecule has 1 heterocycles. The number of aromatic nitrogens is 1. The van der Waals surface area contributed by atoms with Gasteiger partial charge in [-0.2, -0.15) is 0 Å². The molecule has 1 aromatic heterocycles. The third-order valence-electron chi connectivity index (χ3n) is 5.36. The second kappa shape index (κ2) is 10.0. The summed E-state index contributed by atoms with van der Waals surface area (Å²) in [4.78, 5) is 28.8. The van der Waals surface area contributed by atoms with Crippen LogP contribution in [0.25, 0.3) is 10.9 Å². The van der Waals surface area contributed by atoms with Gasteiger partial charge in [-0.3, -0.25) is 9.59 Å². The van der Waals surface area contributed by atoms with E-state index in [-0.39, 0.29) is 17.7 Å². The van der Waals surface area contributed by atoms with E-state index in [0.717, 1.165) is 22.2 Å². The normalized spacial score (nSPS) is 11.8. The van der Waals surface area contributed by atoms with E-state index in [1.54, 1.807) is 38.1 Å². The molecule has 0 radical (unpaired) electrons. The van der Waals surface area contributed by atoms with Crippen LogP contribution in [-0.2, 0) is 16.0 Å². The van der Waals surface area contributed by atoms with E-state index in [0.29, 0.717) is 17.9 Å². The van der Waals surface area contributed by atoms with Crippen molar-refractivity contribution in [2.75, 3.05) is 5.32 Å². The quantitative estimate of drug-likeness (QED) is 0.348. The van der Waals surface area contributed by atoms with Crippen molar-refractivity contribution >= 4 is 28.4 Å². The van der Waals surface area contributed by atoms with Gasteiger partial charge >= 0.3 is 0 Å². The Kier molecular flexibility index (Phi) is 6.74. The van der Waals surface area contributed by atoms with Crippen molar-refractivity contribution in [2.45, 2.75) is 26.3 Å². The fraction of sp³-hybridized carbons (Fsp3) is 0.185. The third-order valence-corrected chi connectivity index (χ3v) is 5.36. The Bertz CT molecular complexity index is 1230. The number of para-hydroxylation sites is 2. The Morgan fingerprint density at radius 2 is 1.52 bits per heavy atom. The molecule has 4 rings (SSSR count). The Balaban J connectivity index is 1.48. The molecule has 0 aliphatic heterocycles. The number of carbonyl (C=O) groups excluding carboxylic acids is 2. The maximum atomic E-state index is 13.1. The van der Waals surface area contributed by atoms with Crippen LogP contribution in [0.3, 0.4) is 0 Å². The molecule has 6 nitrogen and oxygen atoms in total. The lowest BCUT2D eigenvalue weighted by atomic mass is 10.0. The van der Waals surface area contributed by atoms with E-state index < -0.39 is 6.04 Å². The molecule has 4 aromatic rings. The van der Waals surface area contributed by atoms with Gasteiger partial charge in [-0.15, -0.1) is 0 Å². The van der Waals surface area contributed by atoms with Crippen molar-refractivity contribution in [3.63, 3.8) is 0 Å². The third kappa shape index (κ3) is 5.60. The summed E-state index contributed by atoms with van der Waals surface area (Å²) in [7, 11) is 0. The lowest BCUT2D eigenvalue weighted by Crippen LogP contribution is -2.46. The first-order chi connectivity index (χ1) is 16.0. The first-order valence-electron chi connectivity index (χ1n) is 11.0. The molecule has 1 unspecified atom stereocenters. The summed E-state index contributed by atoms with van der Waals surface area (Å²) in [6.45, 7) is 3.61. The molecule has 0 aliphatic rings. The zero-order chi connectivity index (χ0) is 23.2. The Labute approximate surface area is 193 Å². The number of rotatable bonds is 8. The molecule has 168 valence electrons. The average molecular weight is 442 g/mol. The molecular weight excluding hydrogens is 414 g/mol. The molecule has 0 saturated heterocycles. The molecular formula is C27H27N3O3. The predicted octanol–water partition coefficient (Wildman–Crippen LogP) is 5.28. The van der Waals surface area contributed by atoms with Gasteiger partial charge in [0, 0.05) is 35.1 Å². The number of benzene rings is 3. The molecule has 1 atom stereocenters. The lowest BCUT2D eigenvalue weighted by molar-refractivity contribution is -0.128. The van der Waals surface area contributed by atoms with Gasteiger partial charge in [-0.25, -0.2) is 0 Å². The first kappa shape index (κ1) is 22.1. The van der Waals surface area contributed by atoms with Crippen LogP contribution in [0.4, 0.5) is 5.69 Å². The zero-order valence-corrected chi connectivity index (χ0v) is 18.7. The topological polar surface area (TPSA) is 83.2 Å². The van der Waals surface area contributed by atoms with Crippen molar-refractivity contribution in [2.24, 2.45) is 5.92 Å². The van der Waals surface area contributed by atoms with Gasteiger partial charge in [0.2, 0.25) is 11.8 Å². The smallest absolute Gasteiger partial charge is 0.247 e. The SMILES string of the molecule is CC(C)C(=O)NC(Cc1c[nH]c2ccccc12)C(=O)Nc1ccc(Oc2ccccc2)cc1. The highest BCUT2D eigenvalue weighted by Crippen LogP contribution is 2.23. The maximum absolute atomic E-state index is 13.1. The minimum Gasteiger partial charge on any atom is -0.457 e. The fourth-order valence-electron chi connectivity index (χ4n) is 3.53. The number of carbonyl (C=O) groups is 2. The highest BCUT2D eigenvalue weighted by Gasteiger charge is 2.24. The van der Waals surface area contributed by atoms with E-state index >= 15 is 0 Å². The van der Waals surface area contributed by atoms with E-state index in [9.17, 15) is 9.59 Å². The molecule has 0 bridgehead atoms. The van der Waals surface area contributed by atoms with Crippen LogP contribution in [0.15, 0.2) is 85.1 Å². The van der Waals surface area contributed by atoms with Crippen LogP contribution in [0.1, 0.15) is 19.4 Å². The molecule has 3 N–H and O–H groups in total. The van der Waals surface area contributed by atoms with Crippen LogP contribution in [0.2, 0.25) is 0 Å². The maximum Gasteiger partial charge on any atom is 0.247 e. The van der Waals surface area contributed by atoms with E-state index in [1.807, 2.05) is 60.8 Å². The van der Waals surface area contributed by atoms with Gasteiger partial charge in [-0.05, 0) is 48.0 Å². The van der Waals surface area contributed by atoms with Crippen LogP contribution in [-0.4, -0.2) is 22.8 Å². The average Bonchev–Trinajstić information content (AvgIpc) is 3.23. The summed E-state index contributed by atoms with van der Waals surface area (Å²) in [6.07, 6.45) is 2.27. The first-order valence-corrected chi connectivity index (χ1v) is 11.0. The second-order valence-corrected chi connectivity index (χ2v) is 8.21. The van der Waals surface area contributed by atoms with E-state index in [4.69, 9.17) is 4.74 Å². The predicted molar refractivity (Wildman–Crippen MR) is 130 cm³/mol. The summed E-state index contributed by atoms with van der Waals surface area (Å²) >= 11 is 0. The van der Waals surface area contributed by atoms with Crippen molar-refractivity contribution in [1.82, 2.24) is 10.3 Å². The standard InChI is InChI=1S/C27H27N3O3/c1-18(2)26(31)30-25(16-19-17-28-24-11-7-6-10-23(19)24)27(32)29-20-12-14-22(15-13-20)33-21-8-4-3-5-9-21/h3-15,17-18,25,28H,16H2,1-2H3,(H,29,32)(H,30,31). The molecule has 2 amide bonds. The number of H-pyrrole nitrogens is 1. The molecule has 0 saturated carbocycles. The number of amides is 2. The number of hydrogen-bond acceptors (Lipinski definition) is 3. The molecule has 6 heteroatoms.